The molecular weight excluding hydrogens is 345 g/mol. The Morgan fingerprint density at radius 3 is 2.44 bits per heavy atom. The molecule has 0 aliphatic rings. The topological polar surface area (TPSA) is 108 Å². The Kier molecular flexibility index (Phi) is 4.81. The van der Waals surface area contributed by atoms with E-state index in [1.807, 2.05) is 0 Å². The van der Waals surface area contributed by atoms with Crippen molar-refractivity contribution >= 4 is 11.6 Å². The number of carbonyl (C=O) groups is 1. The summed E-state index contributed by atoms with van der Waals surface area (Å²) in [5, 5.41) is 20.7. The van der Waals surface area contributed by atoms with Crippen LogP contribution in [-0.4, -0.2) is 30.4 Å². The summed E-state index contributed by atoms with van der Waals surface area (Å²) in [7, 11) is 1.71. The lowest BCUT2D eigenvalue weighted by molar-refractivity contribution is -0.388. The molecule has 0 saturated carbocycles. The van der Waals surface area contributed by atoms with Crippen molar-refractivity contribution in [2.24, 2.45) is 7.05 Å². The van der Waals surface area contributed by atoms with E-state index in [-0.39, 0.29) is 12.2 Å². The zero-order valence-electron chi connectivity index (χ0n) is 13.6. The molecule has 12 heteroatoms. The zero-order chi connectivity index (χ0) is 18.9. The summed E-state index contributed by atoms with van der Waals surface area (Å²) in [6.07, 6.45) is -3.29. The number of halogens is 3. The summed E-state index contributed by atoms with van der Waals surface area (Å²) < 4.78 is 40.8. The number of amides is 1. The first kappa shape index (κ1) is 18.4. The van der Waals surface area contributed by atoms with Crippen molar-refractivity contribution in [3.05, 3.63) is 39.0 Å². The van der Waals surface area contributed by atoms with Crippen LogP contribution in [0.1, 0.15) is 22.6 Å². The van der Waals surface area contributed by atoms with Crippen LogP contribution in [0.5, 0.6) is 0 Å². The smallest absolute Gasteiger partial charge is 0.350 e. The lowest BCUT2D eigenvalue weighted by Gasteiger charge is -2.06. The van der Waals surface area contributed by atoms with E-state index in [1.54, 1.807) is 24.9 Å². The van der Waals surface area contributed by atoms with E-state index in [0.29, 0.717) is 10.4 Å². The van der Waals surface area contributed by atoms with Crippen molar-refractivity contribution in [2.45, 2.75) is 33.1 Å². The van der Waals surface area contributed by atoms with Gasteiger partial charge in [0.1, 0.15) is 12.2 Å². The first-order chi connectivity index (χ1) is 11.5. The molecule has 2 aromatic rings. The van der Waals surface area contributed by atoms with Crippen molar-refractivity contribution in [3.63, 3.8) is 0 Å². The van der Waals surface area contributed by atoms with Gasteiger partial charge in [-0.1, -0.05) is 0 Å². The number of alkyl halides is 3. The lowest BCUT2D eigenvalue weighted by atomic mass is 10.2. The average Bonchev–Trinajstić information content (AvgIpc) is 2.96. The highest BCUT2D eigenvalue weighted by Gasteiger charge is 2.44. The molecule has 136 valence electrons. The Labute approximate surface area is 139 Å². The van der Waals surface area contributed by atoms with Crippen molar-refractivity contribution in [2.75, 3.05) is 0 Å². The molecule has 2 rings (SSSR count). The molecule has 2 aromatic heterocycles. The van der Waals surface area contributed by atoms with Crippen LogP contribution in [0.15, 0.2) is 6.20 Å². The number of hydrogen-bond acceptors (Lipinski definition) is 5. The molecule has 0 unspecified atom stereocenters. The van der Waals surface area contributed by atoms with E-state index in [1.165, 1.54) is 0 Å². The van der Waals surface area contributed by atoms with E-state index >= 15 is 0 Å². The van der Waals surface area contributed by atoms with Gasteiger partial charge in [0.05, 0.1) is 10.6 Å². The maximum Gasteiger partial charge on any atom is 0.442 e. The maximum absolute atomic E-state index is 12.9. The second-order valence-electron chi connectivity index (χ2n) is 5.39. The van der Waals surface area contributed by atoms with E-state index in [0.717, 1.165) is 12.5 Å². The molecule has 9 nitrogen and oxygen atoms in total. The highest BCUT2D eigenvalue weighted by molar-refractivity contribution is 5.75. The third kappa shape index (κ3) is 3.95. The maximum atomic E-state index is 12.9. The van der Waals surface area contributed by atoms with Gasteiger partial charge in [-0.05, 0) is 13.8 Å². The van der Waals surface area contributed by atoms with Gasteiger partial charge in [-0.15, -0.1) is 0 Å². The van der Waals surface area contributed by atoms with Crippen LogP contribution in [0, 0.1) is 24.0 Å². The second-order valence-corrected chi connectivity index (χ2v) is 5.39. The fourth-order valence-electron chi connectivity index (χ4n) is 2.31. The van der Waals surface area contributed by atoms with E-state index in [9.17, 15) is 28.1 Å². The van der Waals surface area contributed by atoms with Gasteiger partial charge >= 0.3 is 11.9 Å². The zero-order valence-corrected chi connectivity index (χ0v) is 13.6. The average molecular weight is 360 g/mol. The number of nitrogens with one attached hydrogen (secondary N) is 1. The van der Waals surface area contributed by atoms with Crippen LogP contribution < -0.4 is 5.32 Å². The number of hydrogen-bond donors (Lipinski definition) is 1. The predicted octanol–water partition coefficient (Wildman–Crippen LogP) is 1.48. The Morgan fingerprint density at radius 2 is 2.00 bits per heavy atom. The summed E-state index contributed by atoms with van der Waals surface area (Å²) >= 11 is 0. The van der Waals surface area contributed by atoms with Crippen LogP contribution in [0.25, 0.3) is 0 Å². The van der Waals surface area contributed by atoms with Gasteiger partial charge in [-0.25, -0.2) is 0 Å². The quantitative estimate of drug-likeness (QED) is 0.642. The molecule has 0 radical (unpaired) electrons. The molecule has 1 N–H and O–H groups in total. The highest BCUT2D eigenvalue weighted by atomic mass is 19.4. The number of carbonyl (C=O) groups excluding carboxylic acids is 1. The van der Waals surface area contributed by atoms with Gasteiger partial charge in [0.25, 0.3) is 0 Å². The van der Waals surface area contributed by atoms with Gasteiger partial charge in [0.15, 0.2) is 0 Å². The summed E-state index contributed by atoms with van der Waals surface area (Å²) in [5.74, 6) is -0.627. The molecule has 0 fully saturated rings. The summed E-state index contributed by atoms with van der Waals surface area (Å²) in [5.41, 5.74) is -1.66. The largest absolute Gasteiger partial charge is 0.442 e. The Balaban J connectivity index is 2.15. The first-order valence-electron chi connectivity index (χ1n) is 7.05. The second kappa shape index (κ2) is 6.53. The van der Waals surface area contributed by atoms with E-state index in [4.69, 9.17) is 0 Å². The first-order valence-corrected chi connectivity index (χ1v) is 7.05. The van der Waals surface area contributed by atoms with Crippen LogP contribution in [0.3, 0.4) is 0 Å². The highest BCUT2D eigenvalue weighted by Crippen LogP contribution is 2.36. The number of aryl methyl sites for hydroxylation is 2. The van der Waals surface area contributed by atoms with Crippen LogP contribution in [0.2, 0.25) is 0 Å². The van der Waals surface area contributed by atoms with Gasteiger partial charge in [-0.3, -0.25) is 24.3 Å². The summed E-state index contributed by atoms with van der Waals surface area (Å²) in [4.78, 5) is 21.7. The van der Waals surface area contributed by atoms with Gasteiger partial charge < -0.3 is 5.32 Å². The molecule has 0 aliphatic carbocycles. The SMILES string of the molecule is Cc1nn(C)cc1CNC(=O)Cn1nc(C(F)(F)F)c([N+](=O)[O-])c1C. The molecule has 2 heterocycles. The molecule has 0 atom stereocenters. The van der Waals surface area contributed by atoms with Crippen molar-refractivity contribution < 1.29 is 22.9 Å². The molecule has 0 bridgehead atoms. The molecule has 0 spiro atoms. The van der Waals surface area contributed by atoms with Gasteiger partial charge in [0, 0.05) is 25.4 Å². The third-order valence-corrected chi connectivity index (χ3v) is 3.51. The van der Waals surface area contributed by atoms with Crippen molar-refractivity contribution in [1.82, 2.24) is 24.9 Å². The number of rotatable bonds is 5. The van der Waals surface area contributed by atoms with Gasteiger partial charge in [-0.2, -0.15) is 23.4 Å². The molecule has 25 heavy (non-hydrogen) atoms. The molecule has 0 saturated heterocycles. The van der Waals surface area contributed by atoms with Crippen molar-refractivity contribution in [1.29, 1.82) is 0 Å². The monoisotopic (exact) mass is 360 g/mol. The predicted molar refractivity (Wildman–Crippen MR) is 78.4 cm³/mol. The third-order valence-electron chi connectivity index (χ3n) is 3.51. The van der Waals surface area contributed by atoms with E-state index < -0.39 is 34.9 Å². The minimum atomic E-state index is -4.98. The van der Waals surface area contributed by atoms with Crippen LogP contribution in [0.4, 0.5) is 18.9 Å². The number of aromatic nitrogens is 4. The number of nitrogens with zero attached hydrogens (tertiary/aromatic N) is 5. The Morgan fingerprint density at radius 1 is 1.36 bits per heavy atom. The molecule has 0 aromatic carbocycles. The number of nitro groups is 1. The van der Waals surface area contributed by atoms with Crippen molar-refractivity contribution in [3.8, 4) is 0 Å². The Bertz CT molecular complexity index is 824. The molecular formula is C13H15F3N6O3. The molecule has 1 amide bonds. The van der Waals surface area contributed by atoms with Gasteiger partial charge in [0.2, 0.25) is 11.6 Å². The lowest BCUT2D eigenvalue weighted by Crippen LogP contribution is -2.28. The fourth-order valence-corrected chi connectivity index (χ4v) is 2.31. The standard InChI is InChI=1S/C13H15F3N6O3/c1-7-9(5-20(3)18-7)4-17-10(23)6-21-8(2)11(22(24)25)12(19-21)13(14,15)16/h5H,4,6H2,1-3H3,(H,17,23). The minimum absolute atomic E-state index is 0.132. The molecule has 0 aliphatic heterocycles. The van der Waals surface area contributed by atoms with Crippen LogP contribution >= 0.6 is 0 Å². The summed E-state index contributed by atoms with van der Waals surface area (Å²) in [6.45, 7) is 2.42. The fraction of sp³-hybridized carbons (Fsp3) is 0.462. The van der Waals surface area contributed by atoms with E-state index in [2.05, 4.69) is 15.5 Å². The normalized spacial score (nSPS) is 11.6. The minimum Gasteiger partial charge on any atom is -0.350 e. The van der Waals surface area contributed by atoms with Crippen LogP contribution in [-0.2, 0) is 31.1 Å². The summed E-state index contributed by atoms with van der Waals surface area (Å²) in [6, 6.07) is 0. The Hall–Kier alpha value is -2.92.